The second-order valence-corrected chi connectivity index (χ2v) is 5.56. The van der Waals surface area contributed by atoms with E-state index in [2.05, 4.69) is 10.3 Å². The number of hydrogen-bond donors (Lipinski definition) is 2. The van der Waals surface area contributed by atoms with Crippen molar-refractivity contribution in [3.8, 4) is 0 Å². The molecule has 0 atom stereocenters. The van der Waals surface area contributed by atoms with E-state index in [0.717, 1.165) is 4.88 Å². The van der Waals surface area contributed by atoms with Gasteiger partial charge in [0.05, 0.1) is 12.1 Å². The van der Waals surface area contributed by atoms with E-state index in [4.69, 9.17) is 28.3 Å². The summed E-state index contributed by atoms with van der Waals surface area (Å²) in [5.74, 6) is -1.03. The van der Waals surface area contributed by atoms with Crippen LogP contribution in [0.1, 0.15) is 15.2 Å². The van der Waals surface area contributed by atoms with Crippen LogP contribution in [0.15, 0.2) is 24.4 Å². The molecule has 0 amide bonds. The summed E-state index contributed by atoms with van der Waals surface area (Å²) in [6.07, 6.45) is 1.65. The van der Waals surface area contributed by atoms with E-state index >= 15 is 0 Å². The highest BCUT2D eigenvalue weighted by atomic mass is 35.5. The van der Waals surface area contributed by atoms with E-state index in [1.807, 2.05) is 0 Å². The summed E-state index contributed by atoms with van der Waals surface area (Å²) in [4.78, 5) is 15.9. The number of aromatic carboxylic acids is 1. The Hall–Kier alpha value is -1.30. The van der Waals surface area contributed by atoms with Crippen molar-refractivity contribution in [2.45, 2.75) is 6.54 Å². The fourth-order valence-corrected chi connectivity index (χ4v) is 2.48. The molecule has 0 aliphatic carbocycles. The van der Waals surface area contributed by atoms with Crippen LogP contribution in [0.5, 0.6) is 0 Å². The van der Waals surface area contributed by atoms with Gasteiger partial charge in [-0.1, -0.05) is 23.2 Å². The Balaban J connectivity index is 2.16. The maximum atomic E-state index is 11.1. The third-order valence-electron chi connectivity index (χ3n) is 2.19. The molecule has 0 radical (unpaired) electrons. The molecule has 0 aliphatic rings. The van der Waals surface area contributed by atoms with Gasteiger partial charge in [-0.05, 0) is 18.2 Å². The first-order chi connectivity index (χ1) is 8.56. The van der Waals surface area contributed by atoms with Crippen LogP contribution in [-0.2, 0) is 6.54 Å². The molecule has 2 rings (SSSR count). The first-order valence-corrected chi connectivity index (χ1v) is 6.50. The summed E-state index contributed by atoms with van der Waals surface area (Å²) in [5, 5.41) is 12.5. The highest BCUT2D eigenvalue weighted by molar-refractivity contribution is 7.15. The van der Waals surface area contributed by atoms with Gasteiger partial charge in [0.15, 0.2) is 4.47 Å². The zero-order chi connectivity index (χ0) is 13.1. The van der Waals surface area contributed by atoms with Gasteiger partial charge >= 0.3 is 5.97 Å². The minimum Gasteiger partial charge on any atom is -0.478 e. The summed E-state index contributed by atoms with van der Waals surface area (Å²) < 4.78 is 0.460. The van der Waals surface area contributed by atoms with Crippen molar-refractivity contribution >= 4 is 46.2 Å². The number of carboxylic acids is 1. The van der Waals surface area contributed by atoms with Crippen LogP contribution < -0.4 is 5.32 Å². The van der Waals surface area contributed by atoms with Gasteiger partial charge in [0.2, 0.25) is 0 Å². The minimum atomic E-state index is -1.03. The van der Waals surface area contributed by atoms with Gasteiger partial charge in [0, 0.05) is 21.8 Å². The largest absolute Gasteiger partial charge is 0.478 e. The maximum absolute atomic E-state index is 11.1. The van der Waals surface area contributed by atoms with Crippen LogP contribution in [0, 0.1) is 0 Å². The molecule has 1 aromatic heterocycles. The fourth-order valence-electron chi connectivity index (χ4n) is 1.40. The number of halogens is 2. The Morgan fingerprint density at radius 1 is 1.44 bits per heavy atom. The van der Waals surface area contributed by atoms with Crippen LogP contribution >= 0.6 is 34.5 Å². The zero-order valence-corrected chi connectivity index (χ0v) is 11.3. The molecule has 2 aromatic rings. The van der Waals surface area contributed by atoms with E-state index in [1.54, 1.807) is 18.3 Å². The van der Waals surface area contributed by atoms with Gasteiger partial charge in [-0.3, -0.25) is 0 Å². The third kappa shape index (κ3) is 3.13. The zero-order valence-electron chi connectivity index (χ0n) is 8.98. The quantitative estimate of drug-likeness (QED) is 0.902. The SMILES string of the molecule is O=C(O)c1cc(Cl)ccc1NCc1cnc(Cl)s1. The van der Waals surface area contributed by atoms with E-state index in [9.17, 15) is 4.79 Å². The number of carboxylic acid groups (broad SMARTS) is 1. The van der Waals surface area contributed by atoms with E-state index < -0.39 is 5.97 Å². The van der Waals surface area contributed by atoms with Gasteiger partial charge in [-0.25, -0.2) is 9.78 Å². The van der Waals surface area contributed by atoms with Gasteiger partial charge in [-0.2, -0.15) is 0 Å². The Bertz CT molecular complexity index is 586. The number of aromatic nitrogens is 1. The van der Waals surface area contributed by atoms with Crippen LogP contribution in [0.25, 0.3) is 0 Å². The Morgan fingerprint density at radius 2 is 2.22 bits per heavy atom. The standard InChI is InChI=1S/C11H8Cl2N2O2S/c12-6-1-2-9(8(3-6)10(16)17)14-4-7-5-15-11(13)18-7/h1-3,5,14H,4H2,(H,16,17). The number of carbonyl (C=O) groups is 1. The molecule has 0 fully saturated rings. The van der Waals surface area contributed by atoms with Gasteiger partial charge < -0.3 is 10.4 Å². The first kappa shape index (κ1) is 13.1. The fraction of sp³-hybridized carbons (Fsp3) is 0.0909. The third-order valence-corrected chi connectivity index (χ3v) is 3.54. The van der Waals surface area contributed by atoms with Gasteiger partial charge in [0.1, 0.15) is 0 Å². The van der Waals surface area contributed by atoms with Crippen molar-refractivity contribution in [1.82, 2.24) is 4.98 Å². The predicted molar refractivity (Wildman–Crippen MR) is 72.9 cm³/mol. The summed E-state index contributed by atoms with van der Waals surface area (Å²) in [6, 6.07) is 4.68. The van der Waals surface area contributed by atoms with Crippen molar-refractivity contribution < 1.29 is 9.90 Å². The maximum Gasteiger partial charge on any atom is 0.337 e. The number of hydrogen-bond acceptors (Lipinski definition) is 4. The highest BCUT2D eigenvalue weighted by Crippen LogP contribution is 2.23. The molecular weight excluding hydrogens is 295 g/mol. The average Bonchev–Trinajstić information content (AvgIpc) is 2.73. The highest BCUT2D eigenvalue weighted by Gasteiger charge is 2.10. The molecule has 0 aliphatic heterocycles. The van der Waals surface area contributed by atoms with Crippen molar-refractivity contribution in [2.24, 2.45) is 0 Å². The van der Waals surface area contributed by atoms with Crippen LogP contribution in [0.3, 0.4) is 0 Å². The Morgan fingerprint density at radius 3 is 2.83 bits per heavy atom. The number of anilines is 1. The van der Waals surface area contributed by atoms with E-state index in [0.29, 0.717) is 21.7 Å². The molecule has 0 spiro atoms. The van der Waals surface area contributed by atoms with Gasteiger partial charge in [0.25, 0.3) is 0 Å². The Labute approximate surface area is 117 Å². The molecule has 0 unspecified atom stereocenters. The smallest absolute Gasteiger partial charge is 0.337 e. The molecule has 0 saturated carbocycles. The molecular formula is C11H8Cl2N2O2S. The molecule has 0 saturated heterocycles. The minimum absolute atomic E-state index is 0.137. The van der Waals surface area contributed by atoms with Crippen molar-refractivity contribution in [1.29, 1.82) is 0 Å². The molecule has 2 N–H and O–H groups in total. The second-order valence-electron chi connectivity index (χ2n) is 3.43. The molecule has 1 heterocycles. The molecule has 18 heavy (non-hydrogen) atoms. The molecule has 7 heteroatoms. The summed E-state index contributed by atoms with van der Waals surface area (Å²) in [5.41, 5.74) is 0.648. The van der Waals surface area contributed by atoms with E-state index in [-0.39, 0.29) is 5.56 Å². The molecule has 4 nitrogen and oxygen atoms in total. The Kier molecular flexibility index (Phi) is 4.06. The summed E-state index contributed by atoms with van der Waals surface area (Å²) in [6.45, 7) is 0.465. The lowest BCUT2D eigenvalue weighted by Crippen LogP contribution is -2.05. The predicted octanol–water partition coefficient (Wildman–Crippen LogP) is 3.76. The number of nitrogens with one attached hydrogen (secondary N) is 1. The normalized spacial score (nSPS) is 10.3. The number of rotatable bonds is 4. The topological polar surface area (TPSA) is 62.2 Å². The van der Waals surface area contributed by atoms with E-state index in [1.165, 1.54) is 17.4 Å². The van der Waals surface area contributed by atoms with Crippen molar-refractivity contribution in [3.05, 3.63) is 44.3 Å². The van der Waals surface area contributed by atoms with Crippen molar-refractivity contribution in [3.63, 3.8) is 0 Å². The monoisotopic (exact) mass is 302 g/mol. The van der Waals surface area contributed by atoms with Crippen molar-refractivity contribution in [2.75, 3.05) is 5.32 Å². The summed E-state index contributed by atoms with van der Waals surface area (Å²) in [7, 11) is 0. The molecule has 94 valence electrons. The molecule has 0 bridgehead atoms. The first-order valence-electron chi connectivity index (χ1n) is 4.93. The number of thiazole rings is 1. The van der Waals surface area contributed by atoms with Crippen LogP contribution in [-0.4, -0.2) is 16.1 Å². The van der Waals surface area contributed by atoms with Gasteiger partial charge in [-0.15, -0.1) is 11.3 Å². The average molecular weight is 303 g/mol. The lowest BCUT2D eigenvalue weighted by atomic mass is 10.2. The van der Waals surface area contributed by atoms with Crippen LogP contribution in [0.4, 0.5) is 5.69 Å². The number of nitrogens with zero attached hydrogens (tertiary/aromatic N) is 1. The second kappa shape index (κ2) is 5.56. The number of benzene rings is 1. The summed E-state index contributed by atoms with van der Waals surface area (Å²) >= 11 is 12.8. The molecule has 1 aromatic carbocycles. The van der Waals surface area contributed by atoms with Crippen LogP contribution in [0.2, 0.25) is 9.49 Å². The lowest BCUT2D eigenvalue weighted by Gasteiger charge is -2.08. The lowest BCUT2D eigenvalue weighted by molar-refractivity contribution is 0.0698.